The molecular formula is C17H27FN2. The first kappa shape index (κ1) is 15.5. The van der Waals surface area contributed by atoms with Crippen molar-refractivity contribution in [3.8, 4) is 0 Å². The molecule has 2 rings (SSSR count). The van der Waals surface area contributed by atoms with E-state index in [0.29, 0.717) is 17.5 Å². The number of hydrogen-bond donors (Lipinski definition) is 1. The van der Waals surface area contributed by atoms with Crippen molar-refractivity contribution in [1.29, 1.82) is 0 Å². The Morgan fingerprint density at radius 2 is 2.05 bits per heavy atom. The molecule has 1 heterocycles. The summed E-state index contributed by atoms with van der Waals surface area (Å²) in [6.45, 7) is 9.04. The standard InChI is InChI=1S/C17H27FN2/c1-4-17(5-2)8-9-20(12-17)16(11-19)14-7-6-13(3)15(18)10-14/h6-7,10,16H,4-5,8-9,11-12,19H2,1-3H3. The molecule has 2 nitrogen and oxygen atoms in total. The summed E-state index contributed by atoms with van der Waals surface area (Å²) in [6.07, 6.45) is 3.64. The van der Waals surface area contributed by atoms with Gasteiger partial charge >= 0.3 is 0 Å². The van der Waals surface area contributed by atoms with Crippen molar-refractivity contribution in [1.82, 2.24) is 4.90 Å². The van der Waals surface area contributed by atoms with E-state index in [1.54, 1.807) is 13.0 Å². The quantitative estimate of drug-likeness (QED) is 0.891. The summed E-state index contributed by atoms with van der Waals surface area (Å²) in [5.74, 6) is -0.127. The van der Waals surface area contributed by atoms with Gasteiger partial charge in [0.15, 0.2) is 0 Å². The van der Waals surface area contributed by atoms with Crippen molar-refractivity contribution >= 4 is 0 Å². The molecule has 1 unspecified atom stereocenters. The molecule has 1 aliphatic heterocycles. The Bertz CT molecular complexity index is 454. The maximum atomic E-state index is 13.8. The highest BCUT2D eigenvalue weighted by atomic mass is 19.1. The first-order valence-corrected chi connectivity index (χ1v) is 7.75. The summed E-state index contributed by atoms with van der Waals surface area (Å²) >= 11 is 0. The molecule has 2 N–H and O–H groups in total. The molecule has 0 bridgehead atoms. The summed E-state index contributed by atoms with van der Waals surface area (Å²) in [6, 6.07) is 5.68. The minimum absolute atomic E-state index is 0.127. The molecule has 1 fully saturated rings. The number of likely N-dealkylation sites (tertiary alicyclic amines) is 1. The number of nitrogens with zero attached hydrogens (tertiary/aromatic N) is 1. The van der Waals surface area contributed by atoms with Crippen molar-refractivity contribution in [3.63, 3.8) is 0 Å². The average molecular weight is 278 g/mol. The second kappa shape index (κ2) is 6.23. The number of rotatable bonds is 5. The van der Waals surface area contributed by atoms with Gasteiger partial charge in [0.2, 0.25) is 0 Å². The van der Waals surface area contributed by atoms with Crippen LogP contribution in [-0.4, -0.2) is 24.5 Å². The second-order valence-electron chi connectivity index (χ2n) is 6.19. The smallest absolute Gasteiger partial charge is 0.126 e. The first-order chi connectivity index (χ1) is 9.55. The monoisotopic (exact) mass is 278 g/mol. The molecule has 1 aromatic rings. The van der Waals surface area contributed by atoms with Gasteiger partial charge in [-0.1, -0.05) is 26.0 Å². The third-order valence-electron chi connectivity index (χ3n) is 5.21. The molecule has 1 aromatic carbocycles. The SMILES string of the molecule is CCC1(CC)CCN(C(CN)c2ccc(C)c(F)c2)C1. The van der Waals surface area contributed by atoms with Gasteiger partial charge in [0.1, 0.15) is 5.82 Å². The molecule has 112 valence electrons. The van der Waals surface area contributed by atoms with Crippen LogP contribution in [0, 0.1) is 18.2 Å². The highest BCUT2D eigenvalue weighted by Gasteiger charge is 2.37. The summed E-state index contributed by atoms with van der Waals surface area (Å²) in [4.78, 5) is 2.44. The fourth-order valence-corrected chi connectivity index (χ4v) is 3.38. The van der Waals surface area contributed by atoms with Gasteiger partial charge in [-0.2, -0.15) is 0 Å². The molecule has 0 aliphatic carbocycles. The van der Waals surface area contributed by atoms with E-state index in [9.17, 15) is 4.39 Å². The van der Waals surface area contributed by atoms with Gasteiger partial charge < -0.3 is 5.73 Å². The van der Waals surface area contributed by atoms with E-state index >= 15 is 0 Å². The van der Waals surface area contributed by atoms with Crippen LogP contribution in [0.25, 0.3) is 0 Å². The third kappa shape index (κ3) is 2.89. The van der Waals surface area contributed by atoms with Crippen LogP contribution in [0.2, 0.25) is 0 Å². The lowest BCUT2D eigenvalue weighted by Gasteiger charge is -2.31. The second-order valence-corrected chi connectivity index (χ2v) is 6.19. The molecule has 3 heteroatoms. The molecule has 0 aromatic heterocycles. The molecule has 0 amide bonds. The van der Waals surface area contributed by atoms with Crippen LogP contribution in [-0.2, 0) is 0 Å². The van der Waals surface area contributed by atoms with Crippen molar-refractivity contribution in [2.75, 3.05) is 19.6 Å². The van der Waals surface area contributed by atoms with Gasteiger partial charge in [-0.05, 0) is 55.3 Å². The zero-order chi connectivity index (χ0) is 14.8. The molecule has 0 radical (unpaired) electrons. The van der Waals surface area contributed by atoms with E-state index < -0.39 is 0 Å². The number of nitrogens with two attached hydrogens (primary N) is 1. The van der Waals surface area contributed by atoms with Crippen LogP contribution in [0.15, 0.2) is 18.2 Å². The summed E-state index contributed by atoms with van der Waals surface area (Å²) < 4.78 is 13.8. The van der Waals surface area contributed by atoms with E-state index in [2.05, 4.69) is 18.7 Å². The van der Waals surface area contributed by atoms with E-state index in [1.165, 1.54) is 19.3 Å². The molecule has 1 saturated heterocycles. The summed E-state index contributed by atoms with van der Waals surface area (Å²) in [5.41, 5.74) is 8.12. The third-order valence-corrected chi connectivity index (χ3v) is 5.21. The molecule has 0 spiro atoms. The van der Waals surface area contributed by atoms with E-state index in [0.717, 1.165) is 18.7 Å². The predicted molar refractivity (Wildman–Crippen MR) is 82.1 cm³/mol. The van der Waals surface area contributed by atoms with Gasteiger partial charge in [-0.3, -0.25) is 4.90 Å². The highest BCUT2D eigenvalue weighted by Crippen LogP contribution is 2.40. The van der Waals surface area contributed by atoms with Gasteiger partial charge in [-0.15, -0.1) is 0 Å². The lowest BCUT2D eigenvalue weighted by molar-refractivity contribution is 0.197. The normalized spacial score (nSPS) is 20.2. The van der Waals surface area contributed by atoms with E-state index in [-0.39, 0.29) is 11.9 Å². The van der Waals surface area contributed by atoms with Crippen LogP contribution < -0.4 is 5.73 Å². The largest absolute Gasteiger partial charge is 0.329 e. The fraction of sp³-hybridized carbons (Fsp3) is 0.647. The minimum Gasteiger partial charge on any atom is -0.329 e. The van der Waals surface area contributed by atoms with E-state index in [4.69, 9.17) is 5.73 Å². The van der Waals surface area contributed by atoms with Crippen LogP contribution in [0.4, 0.5) is 4.39 Å². The number of hydrogen-bond acceptors (Lipinski definition) is 2. The van der Waals surface area contributed by atoms with E-state index in [1.807, 2.05) is 12.1 Å². The molecule has 0 saturated carbocycles. The Hall–Kier alpha value is -0.930. The van der Waals surface area contributed by atoms with Crippen LogP contribution in [0.1, 0.15) is 50.3 Å². The Morgan fingerprint density at radius 3 is 2.55 bits per heavy atom. The van der Waals surface area contributed by atoms with Crippen LogP contribution in [0.3, 0.4) is 0 Å². The van der Waals surface area contributed by atoms with Crippen LogP contribution >= 0.6 is 0 Å². The van der Waals surface area contributed by atoms with Gasteiger partial charge in [0.25, 0.3) is 0 Å². The minimum atomic E-state index is -0.127. The topological polar surface area (TPSA) is 29.3 Å². The highest BCUT2D eigenvalue weighted by molar-refractivity contribution is 5.26. The fourth-order valence-electron chi connectivity index (χ4n) is 3.38. The molecule has 20 heavy (non-hydrogen) atoms. The predicted octanol–water partition coefficient (Wildman–Crippen LogP) is 3.65. The average Bonchev–Trinajstić information content (AvgIpc) is 2.88. The maximum absolute atomic E-state index is 13.8. The number of benzene rings is 1. The lowest BCUT2D eigenvalue weighted by Crippen LogP contribution is -2.34. The Kier molecular flexibility index (Phi) is 4.82. The van der Waals surface area contributed by atoms with Crippen molar-refractivity contribution in [2.45, 2.75) is 46.1 Å². The Balaban J connectivity index is 2.19. The summed E-state index contributed by atoms with van der Waals surface area (Å²) in [7, 11) is 0. The molecule has 1 atom stereocenters. The van der Waals surface area contributed by atoms with Gasteiger partial charge in [0, 0.05) is 19.1 Å². The zero-order valence-corrected chi connectivity index (χ0v) is 13.0. The lowest BCUT2D eigenvalue weighted by atomic mass is 9.82. The first-order valence-electron chi connectivity index (χ1n) is 7.75. The van der Waals surface area contributed by atoms with Crippen molar-refractivity contribution in [3.05, 3.63) is 35.1 Å². The van der Waals surface area contributed by atoms with Crippen molar-refractivity contribution < 1.29 is 4.39 Å². The Labute approximate surface area is 122 Å². The number of aryl methyl sites for hydroxylation is 1. The van der Waals surface area contributed by atoms with Gasteiger partial charge in [-0.25, -0.2) is 4.39 Å². The molecular weight excluding hydrogens is 251 g/mol. The number of halogens is 1. The van der Waals surface area contributed by atoms with Crippen molar-refractivity contribution in [2.24, 2.45) is 11.1 Å². The summed E-state index contributed by atoms with van der Waals surface area (Å²) in [5, 5.41) is 0. The maximum Gasteiger partial charge on any atom is 0.126 e. The van der Waals surface area contributed by atoms with Crippen LogP contribution in [0.5, 0.6) is 0 Å². The van der Waals surface area contributed by atoms with Gasteiger partial charge in [0.05, 0.1) is 0 Å². The Morgan fingerprint density at radius 1 is 1.35 bits per heavy atom. The zero-order valence-electron chi connectivity index (χ0n) is 13.0. The molecule has 1 aliphatic rings.